The molecule has 0 heterocycles. The molecule has 0 fully saturated rings. The summed E-state index contributed by atoms with van der Waals surface area (Å²) >= 11 is 0. The van der Waals surface area contributed by atoms with E-state index < -0.39 is 17.2 Å². The second kappa shape index (κ2) is 7.83. The maximum absolute atomic E-state index is 13.4. The largest absolute Gasteiger partial charge is 0.444 e. The first-order chi connectivity index (χ1) is 10.9. The van der Waals surface area contributed by atoms with Gasteiger partial charge in [0, 0.05) is 30.9 Å². The highest BCUT2D eigenvalue weighted by Gasteiger charge is 2.29. The van der Waals surface area contributed by atoms with Gasteiger partial charge in [-0.1, -0.05) is 6.07 Å². The molecule has 0 spiro atoms. The minimum atomic E-state index is -0.550. The number of nitrogens with one attached hydrogen (secondary N) is 1. The van der Waals surface area contributed by atoms with Crippen LogP contribution in [0.4, 0.5) is 14.9 Å². The number of rotatable bonds is 6. The van der Waals surface area contributed by atoms with Crippen molar-refractivity contribution in [1.29, 1.82) is 0 Å². The van der Waals surface area contributed by atoms with Crippen LogP contribution in [0.3, 0.4) is 0 Å². The minimum absolute atomic E-state index is 0.0586. The van der Waals surface area contributed by atoms with Gasteiger partial charge in [0.15, 0.2) is 0 Å². The molecule has 1 aromatic carbocycles. The molecule has 0 saturated carbocycles. The molecular weight excluding hydrogens is 309 g/mol. The summed E-state index contributed by atoms with van der Waals surface area (Å²) in [7, 11) is 1.87. The number of ether oxygens (including phenoxy) is 1. The third-order valence-electron chi connectivity index (χ3n) is 3.62. The molecule has 1 amide bonds. The predicted molar refractivity (Wildman–Crippen MR) is 95.7 cm³/mol. The van der Waals surface area contributed by atoms with Gasteiger partial charge in [-0.3, -0.25) is 0 Å². The van der Waals surface area contributed by atoms with Crippen LogP contribution in [0.1, 0.15) is 41.0 Å². The van der Waals surface area contributed by atoms with Crippen molar-refractivity contribution >= 4 is 11.8 Å². The van der Waals surface area contributed by atoms with Crippen molar-refractivity contribution in [3.63, 3.8) is 0 Å². The highest BCUT2D eigenvalue weighted by molar-refractivity contribution is 5.68. The topological polar surface area (TPSA) is 67.6 Å². The van der Waals surface area contributed by atoms with Gasteiger partial charge in [-0.25, -0.2) is 9.18 Å². The number of hydrogen-bond acceptors (Lipinski definition) is 4. The molecule has 3 N–H and O–H groups in total. The lowest BCUT2D eigenvalue weighted by molar-refractivity contribution is 0.0465. The summed E-state index contributed by atoms with van der Waals surface area (Å²) in [5.74, 6) is -0.290. The molecule has 1 rings (SSSR count). The van der Waals surface area contributed by atoms with Crippen LogP contribution in [0.2, 0.25) is 0 Å². The van der Waals surface area contributed by atoms with Crippen LogP contribution < -0.4 is 16.0 Å². The molecule has 0 bridgehead atoms. The lowest BCUT2D eigenvalue weighted by Gasteiger charge is -2.36. The first-order valence-corrected chi connectivity index (χ1v) is 8.13. The monoisotopic (exact) mass is 339 g/mol. The molecule has 1 unspecified atom stereocenters. The second-order valence-electron chi connectivity index (χ2n) is 7.70. The Morgan fingerprint density at radius 2 is 1.96 bits per heavy atom. The number of halogens is 1. The number of nitrogens with two attached hydrogens (primary N) is 1. The third-order valence-corrected chi connectivity index (χ3v) is 3.62. The van der Waals surface area contributed by atoms with E-state index in [4.69, 9.17) is 10.5 Å². The fraction of sp³-hybridized carbons (Fsp3) is 0.611. The van der Waals surface area contributed by atoms with Crippen molar-refractivity contribution in [1.82, 2.24) is 5.32 Å². The number of nitrogens with zero attached hydrogens (tertiary/aromatic N) is 1. The lowest BCUT2D eigenvalue weighted by atomic mass is 9.94. The Labute approximate surface area is 144 Å². The summed E-state index contributed by atoms with van der Waals surface area (Å²) in [6.07, 6.45) is 0.132. The van der Waals surface area contributed by atoms with Gasteiger partial charge in [0.05, 0.1) is 0 Å². The van der Waals surface area contributed by atoms with Crippen molar-refractivity contribution in [2.45, 2.75) is 58.2 Å². The molecular formula is C18H30FN3O2. The standard InChI is InChI=1S/C18H30FN3O2/c1-17(2,3)24-16(23)21-18(4,5)11-15(12-20)22(6)14-9-7-8-13(19)10-14/h7-10,15H,11-12,20H2,1-6H3,(H,21,23). The molecule has 136 valence electrons. The molecule has 0 aliphatic carbocycles. The number of anilines is 1. The van der Waals surface area contributed by atoms with Gasteiger partial charge in [-0.2, -0.15) is 0 Å². The highest BCUT2D eigenvalue weighted by atomic mass is 19.1. The van der Waals surface area contributed by atoms with Gasteiger partial charge in [0.1, 0.15) is 11.4 Å². The van der Waals surface area contributed by atoms with Crippen LogP contribution in [0, 0.1) is 5.82 Å². The summed E-state index contributed by atoms with van der Waals surface area (Å²) < 4.78 is 18.7. The van der Waals surface area contributed by atoms with Crippen LogP contribution in [-0.2, 0) is 4.74 Å². The van der Waals surface area contributed by atoms with E-state index in [1.807, 2.05) is 52.6 Å². The highest BCUT2D eigenvalue weighted by Crippen LogP contribution is 2.22. The smallest absolute Gasteiger partial charge is 0.408 e. The van der Waals surface area contributed by atoms with Crippen molar-refractivity contribution in [3.8, 4) is 0 Å². The van der Waals surface area contributed by atoms with E-state index in [2.05, 4.69) is 5.32 Å². The summed E-state index contributed by atoms with van der Waals surface area (Å²) in [5, 5.41) is 2.88. The molecule has 0 radical (unpaired) electrons. The first-order valence-electron chi connectivity index (χ1n) is 8.13. The zero-order valence-corrected chi connectivity index (χ0v) is 15.5. The average molecular weight is 339 g/mol. The van der Waals surface area contributed by atoms with E-state index in [0.717, 1.165) is 5.69 Å². The summed E-state index contributed by atoms with van der Waals surface area (Å²) in [5.41, 5.74) is 5.59. The molecule has 0 saturated heterocycles. The van der Waals surface area contributed by atoms with Crippen molar-refractivity contribution < 1.29 is 13.9 Å². The van der Waals surface area contributed by atoms with Crippen molar-refractivity contribution in [3.05, 3.63) is 30.1 Å². The normalized spacial score (nSPS) is 13.3. The fourth-order valence-electron chi connectivity index (χ4n) is 2.50. The van der Waals surface area contributed by atoms with Gasteiger partial charge in [-0.05, 0) is 59.2 Å². The van der Waals surface area contributed by atoms with Crippen molar-refractivity contribution in [2.24, 2.45) is 5.73 Å². The zero-order chi connectivity index (χ0) is 18.5. The number of carbonyl (C=O) groups excluding carboxylic acids is 1. The van der Waals surface area contributed by atoms with Crippen LogP contribution in [0.15, 0.2) is 24.3 Å². The molecule has 1 atom stereocenters. The summed E-state index contributed by atoms with van der Waals surface area (Å²) in [6, 6.07) is 6.32. The number of alkyl carbamates (subject to hydrolysis) is 1. The summed E-state index contributed by atoms with van der Waals surface area (Å²) in [6.45, 7) is 9.67. The van der Waals surface area contributed by atoms with Crippen LogP contribution in [0.5, 0.6) is 0 Å². The molecule has 0 aromatic heterocycles. The molecule has 0 aliphatic heterocycles. The Balaban J connectivity index is 2.76. The van der Waals surface area contributed by atoms with Gasteiger partial charge in [0.2, 0.25) is 0 Å². The Kier molecular flexibility index (Phi) is 6.60. The molecule has 1 aromatic rings. The SMILES string of the molecule is CN(c1cccc(F)c1)C(CN)CC(C)(C)NC(=O)OC(C)(C)C. The number of carbonyl (C=O) groups is 1. The van der Waals surface area contributed by atoms with E-state index in [1.54, 1.807) is 6.07 Å². The lowest BCUT2D eigenvalue weighted by Crippen LogP contribution is -2.51. The number of amides is 1. The van der Waals surface area contributed by atoms with Crippen molar-refractivity contribution in [2.75, 3.05) is 18.5 Å². The maximum Gasteiger partial charge on any atom is 0.408 e. The van der Waals surface area contributed by atoms with Gasteiger partial charge in [0.25, 0.3) is 0 Å². The quantitative estimate of drug-likeness (QED) is 0.834. The molecule has 0 aliphatic rings. The zero-order valence-electron chi connectivity index (χ0n) is 15.5. The Hall–Kier alpha value is -1.82. The summed E-state index contributed by atoms with van der Waals surface area (Å²) in [4.78, 5) is 13.9. The third kappa shape index (κ3) is 6.74. The molecule has 5 nitrogen and oxygen atoms in total. The fourth-order valence-corrected chi connectivity index (χ4v) is 2.50. The molecule has 6 heteroatoms. The maximum atomic E-state index is 13.4. The minimum Gasteiger partial charge on any atom is -0.444 e. The average Bonchev–Trinajstić information content (AvgIpc) is 2.41. The van der Waals surface area contributed by atoms with E-state index >= 15 is 0 Å². The molecule has 24 heavy (non-hydrogen) atoms. The number of hydrogen-bond donors (Lipinski definition) is 2. The Morgan fingerprint density at radius 3 is 2.46 bits per heavy atom. The van der Waals surface area contributed by atoms with E-state index in [1.165, 1.54) is 12.1 Å². The number of likely N-dealkylation sites (N-methyl/N-ethyl adjacent to an activating group) is 1. The Bertz CT molecular complexity index is 555. The number of benzene rings is 1. The van der Waals surface area contributed by atoms with E-state index in [9.17, 15) is 9.18 Å². The van der Waals surface area contributed by atoms with E-state index in [-0.39, 0.29) is 11.9 Å². The predicted octanol–water partition coefficient (Wildman–Crippen LogP) is 3.28. The first kappa shape index (κ1) is 20.2. The van der Waals surface area contributed by atoms with Gasteiger partial charge < -0.3 is 20.7 Å². The van der Waals surface area contributed by atoms with Crippen LogP contribution in [0.25, 0.3) is 0 Å². The van der Waals surface area contributed by atoms with E-state index in [0.29, 0.717) is 13.0 Å². The van der Waals surface area contributed by atoms with Gasteiger partial charge >= 0.3 is 6.09 Å². The van der Waals surface area contributed by atoms with Gasteiger partial charge in [-0.15, -0.1) is 0 Å². The van der Waals surface area contributed by atoms with Crippen LogP contribution >= 0.6 is 0 Å². The van der Waals surface area contributed by atoms with Crippen LogP contribution in [-0.4, -0.2) is 36.9 Å². The Morgan fingerprint density at radius 1 is 1.33 bits per heavy atom. The second-order valence-corrected chi connectivity index (χ2v) is 7.70.